The summed E-state index contributed by atoms with van der Waals surface area (Å²) in [6, 6.07) is 0. The van der Waals surface area contributed by atoms with Crippen molar-refractivity contribution in [1.82, 2.24) is 0 Å². The highest BCUT2D eigenvalue weighted by molar-refractivity contribution is 5.71. The third-order valence-electron chi connectivity index (χ3n) is 14.1. The average Bonchev–Trinajstić information content (AvgIpc) is 3.33. The number of carbonyl (C=O) groups is 3. The van der Waals surface area contributed by atoms with Crippen molar-refractivity contribution in [2.75, 3.05) is 13.2 Å². The van der Waals surface area contributed by atoms with Crippen LogP contribution in [0.25, 0.3) is 0 Å². The molecule has 6 nitrogen and oxygen atoms in total. The smallest absolute Gasteiger partial charge is 0.306 e. The van der Waals surface area contributed by atoms with Gasteiger partial charge in [-0.15, -0.1) is 0 Å². The minimum atomic E-state index is -0.761. The van der Waals surface area contributed by atoms with E-state index in [-0.39, 0.29) is 31.1 Å². The number of hydrogen-bond donors (Lipinski definition) is 0. The van der Waals surface area contributed by atoms with Gasteiger partial charge in [-0.1, -0.05) is 316 Å². The van der Waals surface area contributed by atoms with Gasteiger partial charge in [0.2, 0.25) is 0 Å². The van der Waals surface area contributed by atoms with Gasteiger partial charge in [-0.3, -0.25) is 14.4 Å². The molecule has 0 aromatic carbocycles. The molecule has 0 rings (SSSR count). The average molecular weight is 948 g/mol. The molecule has 1 unspecified atom stereocenters. The van der Waals surface area contributed by atoms with Gasteiger partial charge in [-0.05, 0) is 19.3 Å². The van der Waals surface area contributed by atoms with Gasteiger partial charge in [0.1, 0.15) is 13.2 Å². The van der Waals surface area contributed by atoms with Gasteiger partial charge in [-0.2, -0.15) is 0 Å². The van der Waals surface area contributed by atoms with Crippen molar-refractivity contribution >= 4 is 17.9 Å². The van der Waals surface area contributed by atoms with E-state index in [4.69, 9.17) is 14.2 Å². The van der Waals surface area contributed by atoms with E-state index in [2.05, 4.69) is 20.8 Å². The zero-order valence-electron chi connectivity index (χ0n) is 45.7. The predicted octanol–water partition coefficient (Wildman–Crippen LogP) is 20.3. The van der Waals surface area contributed by atoms with Crippen molar-refractivity contribution in [3.05, 3.63) is 0 Å². The maximum Gasteiger partial charge on any atom is 0.306 e. The van der Waals surface area contributed by atoms with Crippen molar-refractivity contribution in [2.24, 2.45) is 0 Å². The molecule has 67 heavy (non-hydrogen) atoms. The van der Waals surface area contributed by atoms with Gasteiger partial charge >= 0.3 is 17.9 Å². The van der Waals surface area contributed by atoms with Crippen LogP contribution in [-0.4, -0.2) is 37.2 Å². The van der Waals surface area contributed by atoms with Crippen molar-refractivity contribution < 1.29 is 28.6 Å². The Morgan fingerprint density at radius 1 is 0.239 bits per heavy atom. The molecule has 398 valence electrons. The molecule has 0 aliphatic rings. The molecule has 0 fully saturated rings. The summed E-state index contributed by atoms with van der Waals surface area (Å²) in [5, 5.41) is 0. The largest absolute Gasteiger partial charge is 0.462 e. The van der Waals surface area contributed by atoms with Gasteiger partial charge in [-0.25, -0.2) is 0 Å². The molecule has 0 saturated carbocycles. The van der Waals surface area contributed by atoms with Gasteiger partial charge < -0.3 is 14.2 Å². The Kier molecular flexibility index (Phi) is 55.6. The van der Waals surface area contributed by atoms with E-state index in [1.54, 1.807) is 0 Å². The Bertz CT molecular complexity index is 998. The summed E-state index contributed by atoms with van der Waals surface area (Å²) in [6.07, 6.45) is 63.9. The number of carbonyl (C=O) groups excluding carboxylic acids is 3. The first-order valence-corrected chi connectivity index (χ1v) is 30.5. The van der Waals surface area contributed by atoms with Crippen molar-refractivity contribution in [3.8, 4) is 0 Å². The summed E-state index contributed by atoms with van der Waals surface area (Å²) in [5.74, 6) is -0.829. The molecular formula is C61H118O6. The van der Waals surface area contributed by atoms with Crippen molar-refractivity contribution in [1.29, 1.82) is 0 Å². The number of hydrogen-bond acceptors (Lipinski definition) is 6. The predicted molar refractivity (Wildman–Crippen MR) is 289 cm³/mol. The van der Waals surface area contributed by atoms with Crippen LogP contribution < -0.4 is 0 Å². The summed E-state index contributed by atoms with van der Waals surface area (Å²) in [6.45, 7) is 6.72. The summed E-state index contributed by atoms with van der Waals surface area (Å²) in [4.78, 5) is 38.2. The van der Waals surface area contributed by atoms with E-state index in [0.717, 1.165) is 57.8 Å². The van der Waals surface area contributed by atoms with E-state index in [1.165, 1.54) is 257 Å². The topological polar surface area (TPSA) is 78.9 Å². The minimum Gasteiger partial charge on any atom is -0.462 e. The molecule has 0 aliphatic carbocycles. The quantitative estimate of drug-likeness (QED) is 0.0343. The Labute approximate surface area is 418 Å². The summed E-state index contributed by atoms with van der Waals surface area (Å²) < 4.78 is 16.9. The van der Waals surface area contributed by atoms with Crippen LogP contribution in [0.3, 0.4) is 0 Å². The van der Waals surface area contributed by atoms with Crippen LogP contribution in [0, 0.1) is 0 Å². The number of ether oxygens (including phenoxy) is 3. The lowest BCUT2D eigenvalue weighted by Crippen LogP contribution is -2.30. The lowest BCUT2D eigenvalue weighted by Gasteiger charge is -2.18. The molecule has 0 aromatic rings. The lowest BCUT2D eigenvalue weighted by molar-refractivity contribution is -0.167. The molecule has 0 N–H and O–H groups in total. The molecule has 0 radical (unpaired) electrons. The number of rotatable bonds is 57. The monoisotopic (exact) mass is 947 g/mol. The first-order chi connectivity index (χ1) is 33.0. The number of unbranched alkanes of at least 4 members (excludes halogenated alkanes) is 46. The highest BCUT2D eigenvalue weighted by Gasteiger charge is 2.19. The fourth-order valence-electron chi connectivity index (χ4n) is 9.51. The van der Waals surface area contributed by atoms with Crippen LogP contribution in [-0.2, 0) is 28.6 Å². The van der Waals surface area contributed by atoms with Crippen LogP contribution in [0.15, 0.2) is 0 Å². The summed E-state index contributed by atoms with van der Waals surface area (Å²) in [5.41, 5.74) is 0. The van der Waals surface area contributed by atoms with Crippen LogP contribution >= 0.6 is 0 Å². The minimum absolute atomic E-state index is 0.0608. The second-order valence-electron chi connectivity index (χ2n) is 21.0. The maximum absolute atomic E-state index is 12.9. The first-order valence-electron chi connectivity index (χ1n) is 30.5. The van der Waals surface area contributed by atoms with E-state index >= 15 is 0 Å². The third kappa shape index (κ3) is 55.2. The molecule has 0 aromatic heterocycles. The molecule has 0 amide bonds. The molecule has 0 aliphatic heterocycles. The van der Waals surface area contributed by atoms with Crippen LogP contribution in [0.4, 0.5) is 0 Å². The zero-order chi connectivity index (χ0) is 48.6. The molecular weight excluding hydrogens is 829 g/mol. The zero-order valence-corrected chi connectivity index (χ0v) is 45.7. The van der Waals surface area contributed by atoms with E-state index in [1.807, 2.05) is 0 Å². The summed E-state index contributed by atoms with van der Waals surface area (Å²) >= 11 is 0. The lowest BCUT2D eigenvalue weighted by atomic mass is 10.0. The number of esters is 3. The van der Waals surface area contributed by atoms with Gasteiger partial charge in [0, 0.05) is 19.3 Å². The fourth-order valence-corrected chi connectivity index (χ4v) is 9.51. The molecule has 0 saturated heterocycles. The molecule has 6 heteroatoms. The van der Waals surface area contributed by atoms with Gasteiger partial charge in [0.05, 0.1) is 0 Å². The maximum atomic E-state index is 12.9. The van der Waals surface area contributed by atoms with E-state index in [9.17, 15) is 14.4 Å². The van der Waals surface area contributed by atoms with Gasteiger partial charge in [0.25, 0.3) is 0 Å². The van der Waals surface area contributed by atoms with Crippen molar-refractivity contribution in [2.45, 2.75) is 361 Å². The Balaban J connectivity index is 4.23. The van der Waals surface area contributed by atoms with E-state index < -0.39 is 6.10 Å². The van der Waals surface area contributed by atoms with Crippen LogP contribution in [0.1, 0.15) is 355 Å². The first kappa shape index (κ1) is 65.4. The van der Waals surface area contributed by atoms with Crippen LogP contribution in [0.5, 0.6) is 0 Å². The van der Waals surface area contributed by atoms with Crippen LogP contribution in [0.2, 0.25) is 0 Å². The normalized spacial score (nSPS) is 11.9. The molecule has 0 spiro atoms. The fraction of sp³-hybridized carbons (Fsp3) is 0.951. The Morgan fingerprint density at radius 3 is 0.597 bits per heavy atom. The highest BCUT2D eigenvalue weighted by Crippen LogP contribution is 2.18. The Hall–Kier alpha value is -1.59. The van der Waals surface area contributed by atoms with Crippen molar-refractivity contribution in [3.63, 3.8) is 0 Å². The standard InChI is InChI=1S/C61H118O6/c1-4-7-10-13-16-19-22-25-28-29-30-31-32-33-34-37-39-42-45-48-51-54-60(63)66-57-58(67-61(64)55-52-49-46-43-40-36-27-24-21-18-15-12-9-6-3)56-65-59(62)53-50-47-44-41-38-35-26-23-20-17-14-11-8-5-2/h58H,4-57H2,1-3H3. The SMILES string of the molecule is CCCCCCCCCCCCCCCCCCCCCCCC(=O)OCC(COC(=O)CCCCCCCCCCCCCCCC)OC(=O)CCCCCCCCCCCCCCCC. The Morgan fingerprint density at radius 2 is 0.403 bits per heavy atom. The third-order valence-corrected chi connectivity index (χ3v) is 14.1. The molecule has 0 heterocycles. The molecule has 0 bridgehead atoms. The van der Waals surface area contributed by atoms with E-state index in [0.29, 0.717) is 19.3 Å². The molecule has 1 atom stereocenters. The second kappa shape index (κ2) is 57.0. The van der Waals surface area contributed by atoms with Gasteiger partial charge in [0.15, 0.2) is 6.10 Å². The highest BCUT2D eigenvalue weighted by atomic mass is 16.6. The summed E-state index contributed by atoms with van der Waals surface area (Å²) in [7, 11) is 0. The second-order valence-corrected chi connectivity index (χ2v) is 21.0.